The van der Waals surface area contributed by atoms with Gasteiger partial charge in [-0.3, -0.25) is 0 Å². The van der Waals surface area contributed by atoms with Gasteiger partial charge in [0.2, 0.25) is 0 Å². The zero-order valence-electron chi connectivity index (χ0n) is 18.1. The number of carbonyl (C=O) groups excluding carboxylic acids is 2. The van der Waals surface area contributed by atoms with Gasteiger partial charge in [0.1, 0.15) is 6.10 Å². The molecule has 162 valence electrons. The van der Waals surface area contributed by atoms with Gasteiger partial charge in [-0.1, -0.05) is 84.3 Å². The molecule has 0 radical (unpaired) electrons. The molecule has 0 aromatic rings. The standard InChI is InChI=1S/C24H42O4/c1-4-7-8-9-10-13-16-19-22(28-24(26)6-3)20-17-14-11-12-15-18-21-27-23(25)5-2/h5-6,22H,2-4,7-21H2,1H3. The lowest BCUT2D eigenvalue weighted by atomic mass is 10.0. The van der Waals surface area contributed by atoms with E-state index in [2.05, 4.69) is 20.1 Å². The van der Waals surface area contributed by atoms with Gasteiger partial charge in [0.05, 0.1) is 6.61 Å². The Morgan fingerprint density at radius 1 is 0.714 bits per heavy atom. The number of carbonyl (C=O) groups is 2. The topological polar surface area (TPSA) is 52.6 Å². The van der Waals surface area contributed by atoms with Crippen LogP contribution in [0.2, 0.25) is 0 Å². The summed E-state index contributed by atoms with van der Waals surface area (Å²) >= 11 is 0. The summed E-state index contributed by atoms with van der Waals surface area (Å²) in [6, 6.07) is 0. The molecule has 0 bridgehead atoms. The summed E-state index contributed by atoms with van der Waals surface area (Å²) < 4.78 is 10.5. The summed E-state index contributed by atoms with van der Waals surface area (Å²) in [5, 5.41) is 0. The van der Waals surface area contributed by atoms with Gasteiger partial charge in [0.25, 0.3) is 0 Å². The maximum atomic E-state index is 11.6. The van der Waals surface area contributed by atoms with Crippen LogP contribution in [0.1, 0.15) is 103 Å². The lowest BCUT2D eigenvalue weighted by molar-refractivity contribution is -0.143. The Balaban J connectivity index is 3.75. The number of rotatable bonds is 20. The average molecular weight is 395 g/mol. The summed E-state index contributed by atoms with van der Waals surface area (Å²) in [6.45, 7) is 9.59. The molecule has 1 unspecified atom stereocenters. The van der Waals surface area contributed by atoms with Crippen LogP contribution in [0.25, 0.3) is 0 Å². The van der Waals surface area contributed by atoms with Crippen molar-refractivity contribution in [2.75, 3.05) is 6.61 Å². The van der Waals surface area contributed by atoms with Crippen molar-refractivity contribution in [2.24, 2.45) is 0 Å². The van der Waals surface area contributed by atoms with Crippen LogP contribution in [-0.4, -0.2) is 24.6 Å². The Morgan fingerprint density at radius 2 is 1.18 bits per heavy atom. The van der Waals surface area contributed by atoms with Crippen molar-refractivity contribution in [1.29, 1.82) is 0 Å². The normalized spacial score (nSPS) is 11.6. The van der Waals surface area contributed by atoms with Crippen LogP contribution < -0.4 is 0 Å². The van der Waals surface area contributed by atoms with Crippen molar-refractivity contribution in [3.63, 3.8) is 0 Å². The number of unbranched alkanes of at least 4 members (excludes halogenated alkanes) is 11. The molecule has 4 heteroatoms. The summed E-state index contributed by atoms with van der Waals surface area (Å²) in [5.41, 5.74) is 0. The minimum Gasteiger partial charge on any atom is -0.463 e. The zero-order chi connectivity index (χ0) is 20.9. The molecule has 0 aromatic heterocycles. The van der Waals surface area contributed by atoms with Crippen molar-refractivity contribution >= 4 is 11.9 Å². The maximum absolute atomic E-state index is 11.6. The molecule has 0 rings (SSSR count). The highest BCUT2D eigenvalue weighted by molar-refractivity contribution is 5.81. The van der Waals surface area contributed by atoms with Crippen LogP contribution in [0.15, 0.2) is 25.3 Å². The third-order valence-corrected chi connectivity index (χ3v) is 4.91. The molecular weight excluding hydrogens is 352 g/mol. The molecule has 0 saturated carbocycles. The van der Waals surface area contributed by atoms with E-state index in [1.54, 1.807) is 0 Å². The molecule has 0 spiro atoms. The predicted molar refractivity (Wildman–Crippen MR) is 116 cm³/mol. The predicted octanol–water partition coefficient (Wildman–Crippen LogP) is 6.68. The SMILES string of the molecule is C=CC(=O)OCCCCCCCCC(CCCCCCCCC)OC(=O)C=C. The van der Waals surface area contributed by atoms with Crippen molar-refractivity contribution < 1.29 is 19.1 Å². The minimum atomic E-state index is -0.346. The largest absolute Gasteiger partial charge is 0.463 e. The van der Waals surface area contributed by atoms with Crippen molar-refractivity contribution in [3.05, 3.63) is 25.3 Å². The Hall–Kier alpha value is -1.58. The average Bonchev–Trinajstić information content (AvgIpc) is 2.70. The smallest absolute Gasteiger partial charge is 0.330 e. The fourth-order valence-corrected chi connectivity index (χ4v) is 3.22. The maximum Gasteiger partial charge on any atom is 0.330 e. The Morgan fingerprint density at radius 3 is 1.68 bits per heavy atom. The molecule has 28 heavy (non-hydrogen) atoms. The van der Waals surface area contributed by atoms with Crippen LogP contribution in [-0.2, 0) is 19.1 Å². The molecule has 0 N–H and O–H groups in total. The number of hydrogen-bond acceptors (Lipinski definition) is 4. The van der Waals surface area contributed by atoms with Gasteiger partial charge < -0.3 is 9.47 Å². The highest BCUT2D eigenvalue weighted by Crippen LogP contribution is 2.17. The van der Waals surface area contributed by atoms with Gasteiger partial charge in [0, 0.05) is 12.2 Å². The first-order chi connectivity index (χ1) is 13.6. The molecule has 0 saturated heterocycles. The zero-order valence-corrected chi connectivity index (χ0v) is 18.1. The molecular formula is C24H42O4. The first kappa shape index (κ1) is 26.4. The van der Waals surface area contributed by atoms with E-state index in [0.29, 0.717) is 6.61 Å². The second-order valence-corrected chi connectivity index (χ2v) is 7.45. The molecule has 0 heterocycles. The molecule has 0 aromatic carbocycles. The van der Waals surface area contributed by atoms with E-state index in [-0.39, 0.29) is 18.0 Å². The van der Waals surface area contributed by atoms with E-state index in [1.165, 1.54) is 50.7 Å². The summed E-state index contributed by atoms with van der Waals surface area (Å²) in [6.07, 6.45) is 19.8. The van der Waals surface area contributed by atoms with Crippen molar-refractivity contribution in [1.82, 2.24) is 0 Å². The Labute approximate surface area is 172 Å². The van der Waals surface area contributed by atoms with Gasteiger partial charge in [-0.15, -0.1) is 0 Å². The minimum absolute atomic E-state index is 0.0273. The highest BCUT2D eigenvalue weighted by Gasteiger charge is 2.12. The molecule has 0 amide bonds. The number of esters is 2. The summed E-state index contributed by atoms with van der Waals surface area (Å²) in [7, 11) is 0. The lowest BCUT2D eigenvalue weighted by Gasteiger charge is -2.17. The molecule has 4 nitrogen and oxygen atoms in total. The second-order valence-electron chi connectivity index (χ2n) is 7.45. The van der Waals surface area contributed by atoms with E-state index in [0.717, 1.165) is 57.8 Å². The molecule has 0 aliphatic rings. The first-order valence-electron chi connectivity index (χ1n) is 11.3. The molecule has 0 aliphatic heterocycles. The van der Waals surface area contributed by atoms with Crippen molar-refractivity contribution in [2.45, 2.75) is 109 Å². The van der Waals surface area contributed by atoms with E-state index >= 15 is 0 Å². The summed E-state index contributed by atoms with van der Waals surface area (Å²) in [4.78, 5) is 22.5. The fourth-order valence-electron chi connectivity index (χ4n) is 3.22. The molecule has 0 fully saturated rings. The fraction of sp³-hybridized carbons (Fsp3) is 0.750. The quantitative estimate of drug-likeness (QED) is 0.131. The third-order valence-electron chi connectivity index (χ3n) is 4.91. The highest BCUT2D eigenvalue weighted by atomic mass is 16.5. The van der Waals surface area contributed by atoms with E-state index < -0.39 is 0 Å². The van der Waals surface area contributed by atoms with Gasteiger partial charge >= 0.3 is 11.9 Å². The van der Waals surface area contributed by atoms with Crippen LogP contribution in [0.3, 0.4) is 0 Å². The Kier molecular flexibility index (Phi) is 19.0. The van der Waals surface area contributed by atoms with Crippen LogP contribution in [0.4, 0.5) is 0 Å². The van der Waals surface area contributed by atoms with Gasteiger partial charge in [-0.25, -0.2) is 9.59 Å². The van der Waals surface area contributed by atoms with Crippen LogP contribution in [0, 0.1) is 0 Å². The van der Waals surface area contributed by atoms with E-state index in [1.807, 2.05) is 0 Å². The first-order valence-corrected chi connectivity index (χ1v) is 11.3. The molecule has 1 atom stereocenters. The summed E-state index contributed by atoms with van der Waals surface area (Å²) in [5.74, 6) is -0.650. The number of ether oxygens (including phenoxy) is 2. The monoisotopic (exact) mass is 394 g/mol. The van der Waals surface area contributed by atoms with E-state index in [4.69, 9.17) is 9.47 Å². The van der Waals surface area contributed by atoms with Gasteiger partial charge in [-0.2, -0.15) is 0 Å². The van der Waals surface area contributed by atoms with Gasteiger partial charge in [0.15, 0.2) is 0 Å². The Bertz CT molecular complexity index is 417. The van der Waals surface area contributed by atoms with Gasteiger partial charge in [-0.05, 0) is 32.1 Å². The number of hydrogen-bond donors (Lipinski definition) is 0. The second kappa shape index (κ2) is 20.2. The van der Waals surface area contributed by atoms with Crippen molar-refractivity contribution in [3.8, 4) is 0 Å². The van der Waals surface area contributed by atoms with Crippen LogP contribution in [0.5, 0.6) is 0 Å². The molecule has 0 aliphatic carbocycles. The lowest BCUT2D eigenvalue weighted by Crippen LogP contribution is -2.16. The van der Waals surface area contributed by atoms with Crippen LogP contribution >= 0.6 is 0 Å². The third kappa shape index (κ3) is 17.8. The van der Waals surface area contributed by atoms with E-state index in [9.17, 15) is 9.59 Å².